The van der Waals surface area contributed by atoms with E-state index in [1.807, 2.05) is 6.92 Å². The molecule has 2 heterocycles. The van der Waals surface area contributed by atoms with Gasteiger partial charge in [0.25, 0.3) is 0 Å². The van der Waals surface area contributed by atoms with Crippen LogP contribution in [0, 0.1) is 0 Å². The molecule has 1 saturated heterocycles. The van der Waals surface area contributed by atoms with Gasteiger partial charge in [-0.25, -0.2) is 8.42 Å². The first kappa shape index (κ1) is 18.8. The maximum Gasteiger partial charge on any atom is 0.243 e. The number of nitrogens with zero attached hydrogens (tertiary/aromatic N) is 2. The minimum absolute atomic E-state index is 0.179. The molecule has 1 atom stereocenters. The van der Waals surface area contributed by atoms with Crippen molar-refractivity contribution in [3.63, 3.8) is 0 Å². The number of hydrogen-bond donors (Lipinski definition) is 1. The quantitative estimate of drug-likeness (QED) is 0.799. The Bertz CT molecular complexity index is 818. The molecule has 0 aliphatic carbocycles. The van der Waals surface area contributed by atoms with Gasteiger partial charge < -0.3 is 10.1 Å². The zero-order chi connectivity index (χ0) is 18.9. The van der Waals surface area contributed by atoms with Crippen molar-refractivity contribution in [1.82, 2.24) is 9.62 Å². The Morgan fingerprint density at radius 3 is 2.58 bits per heavy atom. The molecule has 0 bridgehead atoms. The van der Waals surface area contributed by atoms with Crippen LogP contribution in [0.4, 0.5) is 5.69 Å². The van der Waals surface area contributed by atoms with Crippen LogP contribution in [-0.2, 0) is 30.8 Å². The van der Waals surface area contributed by atoms with E-state index in [0.717, 1.165) is 0 Å². The molecule has 0 unspecified atom stereocenters. The number of anilines is 1. The van der Waals surface area contributed by atoms with Crippen molar-refractivity contribution < 1.29 is 22.7 Å². The van der Waals surface area contributed by atoms with Gasteiger partial charge in [-0.1, -0.05) is 0 Å². The number of ether oxygens (including phenoxy) is 1. The maximum absolute atomic E-state index is 12.8. The summed E-state index contributed by atoms with van der Waals surface area (Å²) in [5, 5.41) is 2.73. The summed E-state index contributed by atoms with van der Waals surface area (Å²) in [6, 6.07) is 4.04. The highest BCUT2D eigenvalue weighted by Gasteiger charge is 2.38. The summed E-state index contributed by atoms with van der Waals surface area (Å²) in [5.74, 6) is -0.486. The van der Waals surface area contributed by atoms with E-state index in [2.05, 4.69) is 5.32 Å². The molecule has 1 N–H and O–H groups in total. The van der Waals surface area contributed by atoms with Crippen LogP contribution >= 0.6 is 0 Å². The highest BCUT2D eigenvalue weighted by atomic mass is 32.2. The lowest BCUT2D eigenvalue weighted by molar-refractivity contribution is -0.125. The Kier molecular flexibility index (Phi) is 5.31. The Morgan fingerprint density at radius 1 is 1.27 bits per heavy atom. The molecule has 1 fully saturated rings. The SMILES string of the molecule is CCNC(=O)[C@H]1Cc2cc(S(=O)(=O)N3CCOCC3)ccc2N1C(C)=O. The minimum Gasteiger partial charge on any atom is -0.379 e. The molecule has 2 aliphatic rings. The van der Waals surface area contributed by atoms with Gasteiger partial charge in [0.1, 0.15) is 6.04 Å². The summed E-state index contributed by atoms with van der Waals surface area (Å²) in [6.07, 6.45) is 0.299. The molecule has 142 valence electrons. The predicted octanol–water partition coefficient (Wildman–Crippen LogP) is 0.121. The number of morpholine rings is 1. The summed E-state index contributed by atoms with van der Waals surface area (Å²) in [7, 11) is -3.62. The molecule has 1 aromatic carbocycles. The predicted molar refractivity (Wildman–Crippen MR) is 95.4 cm³/mol. The Balaban J connectivity index is 1.93. The summed E-state index contributed by atoms with van der Waals surface area (Å²) in [6.45, 7) is 5.07. The van der Waals surface area contributed by atoms with Gasteiger partial charge in [-0.2, -0.15) is 4.31 Å². The second kappa shape index (κ2) is 7.34. The van der Waals surface area contributed by atoms with Gasteiger partial charge >= 0.3 is 0 Å². The smallest absolute Gasteiger partial charge is 0.243 e. The Hall–Kier alpha value is -1.97. The molecule has 26 heavy (non-hydrogen) atoms. The number of carbonyl (C=O) groups is 2. The standard InChI is InChI=1S/C17H23N3O5S/c1-3-18-17(22)16-11-13-10-14(4-5-15(13)20(16)12(2)21)26(23,24)19-6-8-25-9-7-19/h4-5,10,16H,3,6-9,11H2,1-2H3,(H,18,22)/t16-/m1/s1. The fraction of sp³-hybridized carbons (Fsp3) is 0.529. The number of amides is 2. The van der Waals surface area contributed by atoms with Crippen LogP contribution in [0.5, 0.6) is 0 Å². The number of hydrogen-bond acceptors (Lipinski definition) is 5. The lowest BCUT2D eigenvalue weighted by atomic mass is 10.1. The zero-order valence-electron chi connectivity index (χ0n) is 14.9. The van der Waals surface area contributed by atoms with Crippen LogP contribution < -0.4 is 10.2 Å². The molecule has 2 amide bonds. The van der Waals surface area contributed by atoms with Crippen molar-refractivity contribution in [3.8, 4) is 0 Å². The van der Waals surface area contributed by atoms with Crippen molar-refractivity contribution in [3.05, 3.63) is 23.8 Å². The number of nitrogens with one attached hydrogen (secondary N) is 1. The lowest BCUT2D eigenvalue weighted by Crippen LogP contribution is -2.47. The number of carbonyl (C=O) groups excluding carboxylic acids is 2. The van der Waals surface area contributed by atoms with Gasteiger partial charge in [-0.3, -0.25) is 14.5 Å². The zero-order valence-corrected chi connectivity index (χ0v) is 15.7. The fourth-order valence-corrected chi connectivity index (χ4v) is 4.87. The third kappa shape index (κ3) is 3.34. The van der Waals surface area contributed by atoms with Crippen LogP contribution in [0.25, 0.3) is 0 Å². The molecule has 8 nitrogen and oxygen atoms in total. The van der Waals surface area contributed by atoms with Crippen molar-refractivity contribution in [2.45, 2.75) is 31.2 Å². The molecule has 0 saturated carbocycles. The Morgan fingerprint density at radius 2 is 1.96 bits per heavy atom. The normalized spacial score (nSPS) is 20.7. The van der Waals surface area contributed by atoms with Crippen molar-refractivity contribution in [2.24, 2.45) is 0 Å². The van der Waals surface area contributed by atoms with Gasteiger partial charge in [0, 0.05) is 38.7 Å². The molecule has 0 radical (unpaired) electrons. The van der Waals surface area contributed by atoms with Gasteiger partial charge in [0.2, 0.25) is 21.8 Å². The highest BCUT2D eigenvalue weighted by molar-refractivity contribution is 7.89. The van der Waals surface area contributed by atoms with Crippen LogP contribution in [0.2, 0.25) is 0 Å². The molecular weight excluding hydrogens is 358 g/mol. The fourth-order valence-electron chi connectivity index (χ4n) is 3.42. The van der Waals surface area contributed by atoms with Crippen LogP contribution in [0.3, 0.4) is 0 Å². The second-order valence-corrected chi connectivity index (χ2v) is 8.25. The van der Waals surface area contributed by atoms with Crippen molar-refractivity contribution in [2.75, 3.05) is 37.7 Å². The average molecular weight is 381 g/mol. The highest BCUT2D eigenvalue weighted by Crippen LogP contribution is 2.35. The topological polar surface area (TPSA) is 96.0 Å². The van der Waals surface area contributed by atoms with Crippen LogP contribution in [0.15, 0.2) is 23.1 Å². The van der Waals surface area contributed by atoms with Crippen molar-refractivity contribution in [1.29, 1.82) is 0 Å². The van der Waals surface area contributed by atoms with Crippen molar-refractivity contribution >= 4 is 27.5 Å². The van der Waals surface area contributed by atoms with E-state index in [1.165, 1.54) is 22.2 Å². The van der Waals surface area contributed by atoms with Gasteiger partial charge in [0.05, 0.1) is 18.1 Å². The van der Waals surface area contributed by atoms with Gasteiger partial charge in [-0.05, 0) is 30.7 Å². The molecule has 9 heteroatoms. The molecule has 1 aromatic rings. The molecule has 0 aromatic heterocycles. The summed E-state index contributed by atoms with van der Waals surface area (Å²) in [4.78, 5) is 26.0. The van der Waals surface area contributed by atoms with E-state index >= 15 is 0 Å². The number of rotatable bonds is 4. The minimum atomic E-state index is -3.62. The Labute approximate surface area is 153 Å². The first-order valence-electron chi connectivity index (χ1n) is 8.64. The lowest BCUT2D eigenvalue weighted by Gasteiger charge is -2.26. The molecule has 0 spiro atoms. The van der Waals surface area contributed by atoms with E-state index in [1.54, 1.807) is 12.1 Å². The maximum atomic E-state index is 12.8. The number of sulfonamides is 1. The second-order valence-electron chi connectivity index (χ2n) is 6.31. The van der Waals surface area contributed by atoms with E-state index in [-0.39, 0.29) is 16.7 Å². The summed E-state index contributed by atoms with van der Waals surface area (Å²) < 4.78 is 32.3. The summed E-state index contributed by atoms with van der Waals surface area (Å²) in [5.41, 5.74) is 1.28. The van der Waals surface area contributed by atoms with Gasteiger partial charge in [-0.15, -0.1) is 0 Å². The number of likely N-dealkylation sites (N-methyl/N-ethyl adjacent to an activating group) is 1. The first-order valence-corrected chi connectivity index (χ1v) is 10.1. The van der Waals surface area contributed by atoms with Gasteiger partial charge in [0.15, 0.2) is 0 Å². The number of benzene rings is 1. The third-order valence-corrected chi connectivity index (χ3v) is 6.53. The molecule has 3 rings (SSSR count). The van der Waals surface area contributed by atoms with Crippen LogP contribution in [-0.4, -0.2) is 63.4 Å². The monoisotopic (exact) mass is 381 g/mol. The number of fused-ring (bicyclic) bond motifs is 1. The van der Waals surface area contributed by atoms with E-state index < -0.39 is 16.1 Å². The van der Waals surface area contributed by atoms with Crippen LogP contribution in [0.1, 0.15) is 19.4 Å². The molecular formula is C17H23N3O5S. The largest absolute Gasteiger partial charge is 0.379 e. The van der Waals surface area contributed by atoms with E-state index in [9.17, 15) is 18.0 Å². The van der Waals surface area contributed by atoms with E-state index in [4.69, 9.17) is 4.74 Å². The first-order chi connectivity index (χ1) is 12.4. The average Bonchev–Trinajstić information content (AvgIpc) is 3.01. The van der Waals surface area contributed by atoms with E-state index in [0.29, 0.717) is 50.5 Å². The summed E-state index contributed by atoms with van der Waals surface area (Å²) >= 11 is 0. The third-order valence-electron chi connectivity index (χ3n) is 4.64. The molecule has 2 aliphatic heterocycles.